The minimum atomic E-state index is 1.08. The minimum absolute atomic E-state index is 1.08. The molecule has 0 aromatic heterocycles. The molecule has 0 aliphatic heterocycles. The Bertz CT molecular complexity index is 172. The van der Waals surface area contributed by atoms with E-state index < -0.39 is 0 Å². The molecule has 0 aromatic rings. The normalized spacial score (nSPS) is 13.3. The van der Waals surface area contributed by atoms with Gasteiger partial charge >= 0.3 is 0 Å². The molecule has 0 aromatic carbocycles. The molecule has 1 unspecified atom stereocenters. The van der Waals surface area contributed by atoms with Crippen LogP contribution in [0.15, 0.2) is 11.1 Å². The Kier molecular flexibility index (Phi) is 6.28. The van der Waals surface area contributed by atoms with Crippen molar-refractivity contribution in [3.63, 3.8) is 0 Å². The summed E-state index contributed by atoms with van der Waals surface area (Å²) in [6, 6.07) is 0. The summed E-state index contributed by atoms with van der Waals surface area (Å²) >= 11 is 0. The lowest BCUT2D eigenvalue weighted by Crippen LogP contribution is -1.84. The molecule has 0 aliphatic rings. The highest BCUT2D eigenvalue weighted by molar-refractivity contribution is 7.36. The quantitative estimate of drug-likeness (QED) is 0.344. The summed E-state index contributed by atoms with van der Waals surface area (Å²) in [4.78, 5) is 0. The van der Waals surface area contributed by atoms with E-state index in [-0.39, 0.29) is 0 Å². The number of hydrogen-bond acceptors (Lipinski definition) is 0. The van der Waals surface area contributed by atoms with Crippen LogP contribution in [0.4, 0.5) is 0 Å². The standard InChI is InChI=1S/C10H17P/c1-5-9(2)10(3)7-6-8-11-4/h1,11H,6-8H2,2-4H3/b10-9-. The molecule has 0 aliphatic carbocycles. The van der Waals surface area contributed by atoms with Gasteiger partial charge in [0.15, 0.2) is 0 Å². The molecule has 0 fully saturated rings. The third-order valence-corrected chi connectivity index (χ3v) is 2.69. The first-order chi connectivity index (χ1) is 5.22. The first-order valence-corrected chi connectivity index (χ1v) is 5.70. The smallest absolute Gasteiger partial charge is 0.00242 e. The van der Waals surface area contributed by atoms with Gasteiger partial charge in [-0.1, -0.05) is 11.5 Å². The van der Waals surface area contributed by atoms with Crippen molar-refractivity contribution >= 4 is 8.58 Å². The van der Waals surface area contributed by atoms with Crippen LogP contribution in [-0.2, 0) is 0 Å². The van der Waals surface area contributed by atoms with Crippen LogP contribution in [0, 0.1) is 12.3 Å². The van der Waals surface area contributed by atoms with Gasteiger partial charge < -0.3 is 0 Å². The van der Waals surface area contributed by atoms with Gasteiger partial charge in [-0.05, 0) is 45.1 Å². The molecule has 0 saturated carbocycles. The Morgan fingerprint density at radius 3 is 2.55 bits per heavy atom. The molecule has 1 atom stereocenters. The molecule has 11 heavy (non-hydrogen) atoms. The summed E-state index contributed by atoms with van der Waals surface area (Å²) in [5, 5.41) is 0. The zero-order valence-electron chi connectivity index (χ0n) is 7.70. The van der Waals surface area contributed by atoms with Crippen LogP contribution >= 0.6 is 8.58 Å². The Morgan fingerprint density at radius 1 is 1.45 bits per heavy atom. The predicted molar refractivity (Wildman–Crippen MR) is 55.5 cm³/mol. The van der Waals surface area contributed by atoms with Crippen molar-refractivity contribution in [1.29, 1.82) is 0 Å². The minimum Gasteiger partial charge on any atom is -0.125 e. The number of hydrogen-bond donors (Lipinski definition) is 0. The SMILES string of the molecule is C#C/C(C)=C(/C)CCCPC. The van der Waals surface area contributed by atoms with E-state index >= 15 is 0 Å². The lowest BCUT2D eigenvalue weighted by atomic mass is 10.1. The van der Waals surface area contributed by atoms with Crippen molar-refractivity contribution in [3.05, 3.63) is 11.1 Å². The molecule has 62 valence electrons. The maximum atomic E-state index is 5.27. The van der Waals surface area contributed by atoms with Crippen LogP contribution in [-0.4, -0.2) is 12.8 Å². The zero-order chi connectivity index (χ0) is 8.69. The summed E-state index contributed by atoms with van der Waals surface area (Å²) in [6.07, 6.45) is 9.08. The zero-order valence-corrected chi connectivity index (χ0v) is 8.70. The Morgan fingerprint density at radius 2 is 2.09 bits per heavy atom. The maximum Gasteiger partial charge on any atom is -0.00242 e. The monoisotopic (exact) mass is 168 g/mol. The average molecular weight is 168 g/mol. The Balaban J connectivity index is 3.70. The van der Waals surface area contributed by atoms with Crippen molar-refractivity contribution < 1.29 is 0 Å². The van der Waals surface area contributed by atoms with Crippen molar-refractivity contribution in [2.75, 3.05) is 12.8 Å². The summed E-state index contributed by atoms with van der Waals surface area (Å²) in [6.45, 7) is 6.39. The van der Waals surface area contributed by atoms with Crippen LogP contribution < -0.4 is 0 Å². The molecule has 0 spiro atoms. The largest absolute Gasteiger partial charge is 0.125 e. The van der Waals surface area contributed by atoms with E-state index in [0.29, 0.717) is 0 Å². The topological polar surface area (TPSA) is 0 Å². The Labute approximate surface area is 72.2 Å². The molecule has 0 rings (SSSR count). The lowest BCUT2D eigenvalue weighted by molar-refractivity contribution is 0.906. The molecule has 0 amide bonds. The van der Waals surface area contributed by atoms with Crippen molar-refractivity contribution in [2.45, 2.75) is 26.7 Å². The number of allylic oxidation sites excluding steroid dienone is 2. The van der Waals surface area contributed by atoms with Gasteiger partial charge in [-0.25, -0.2) is 0 Å². The first kappa shape index (κ1) is 10.7. The molecule has 0 nitrogen and oxygen atoms in total. The van der Waals surface area contributed by atoms with Gasteiger partial charge in [0.1, 0.15) is 0 Å². The molecule has 0 saturated heterocycles. The third kappa shape index (κ3) is 5.05. The molecule has 0 N–H and O–H groups in total. The molecular formula is C10H17P. The summed E-state index contributed by atoms with van der Waals surface area (Å²) in [7, 11) is 1.08. The van der Waals surface area contributed by atoms with E-state index in [4.69, 9.17) is 6.42 Å². The molecular weight excluding hydrogens is 151 g/mol. The summed E-state index contributed by atoms with van der Waals surface area (Å²) in [5.74, 6) is 2.67. The van der Waals surface area contributed by atoms with Crippen molar-refractivity contribution in [3.8, 4) is 12.3 Å². The van der Waals surface area contributed by atoms with Gasteiger partial charge in [-0.2, -0.15) is 0 Å². The van der Waals surface area contributed by atoms with Crippen molar-refractivity contribution in [2.24, 2.45) is 0 Å². The maximum absolute atomic E-state index is 5.27. The van der Waals surface area contributed by atoms with Gasteiger partial charge in [0.05, 0.1) is 0 Å². The van der Waals surface area contributed by atoms with Crippen LogP contribution in [0.5, 0.6) is 0 Å². The molecule has 0 radical (unpaired) electrons. The fourth-order valence-electron chi connectivity index (χ4n) is 0.841. The van der Waals surface area contributed by atoms with Crippen LogP contribution in [0.1, 0.15) is 26.7 Å². The fourth-order valence-corrected chi connectivity index (χ4v) is 1.37. The number of terminal acetylenes is 1. The Hall–Kier alpha value is -0.270. The van der Waals surface area contributed by atoms with Gasteiger partial charge in [-0.3, -0.25) is 0 Å². The van der Waals surface area contributed by atoms with Crippen molar-refractivity contribution in [1.82, 2.24) is 0 Å². The van der Waals surface area contributed by atoms with E-state index in [1.54, 1.807) is 0 Å². The molecule has 0 heterocycles. The first-order valence-electron chi connectivity index (χ1n) is 4.00. The van der Waals surface area contributed by atoms with E-state index in [1.165, 1.54) is 24.6 Å². The van der Waals surface area contributed by atoms with E-state index in [0.717, 1.165) is 14.2 Å². The van der Waals surface area contributed by atoms with Crippen LogP contribution in [0.3, 0.4) is 0 Å². The highest BCUT2D eigenvalue weighted by atomic mass is 31.1. The van der Waals surface area contributed by atoms with Gasteiger partial charge in [-0.15, -0.1) is 15.0 Å². The van der Waals surface area contributed by atoms with Gasteiger partial charge in [0, 0.05) is 0 Å². The van der Waals surface area contributed by atoms with E-state index in [9.17, 15) is 0 Å². The summed E-state index contributed by atoms with van der Waals surface area (Å²) < 4.78 is 0. The fraction of sp³-hybridized carbons (Fsp3) is 0.600. The van der Waals surface area contributed by atoms with Crippen LogP contribution in [0.2, 0.25) is 0 Å². The summed E-state index contributed by atoms with van der Waals surface area (Å²) in [5.41, 5.74) is 2.50. The molecule has 0 bridgehead atoms. The second-order valence-electron chi connectivity index (χ2n) is 2.76. The lowest BCUT2D eigenvalue weighted by Gasteiger charge is -2.01. The second kappa shape index (κ2) is 6.44. The average Bonchev–Trinajstić information content (AvgIpc) is 2.03. The highest BCUT2D eigenvalue weighted by Gasteiger charge is 1.93. The number of rotatable bonds is 4. The van der Waals surface area contributed by atoms with Gasteiger partial charge in [0.25, 0.3) is 0 Å². The second-order valence-corrected chi connectivity index (χ2v) is 3.96. The highest BCUT2D eigenvalue weighted by Crippen LogP contribution is 2.13. The van der Waals surface area contributed by atoms with E-state index in [2.05, 4.69) is 19.5 Å². The van der Waals surface area contributed by atoms with E-state index in [1.807, 2.05) is 6.92 Å². The molecule has 1 heteroatoms. The predicted octanol–water partition coefficient (Wildman–Crippen LogP) is 3.04. The third-order valence-electron chi connectivity index (χ3n) is 1.84. The van der Waals surface area contributed by atoms with Gasteiger partial charge in [0.2, 0.25) is 0 Å². The van der Waals surface area contributed by atoms with Crippen LogP contribution in [0.25, 0.3) is 0 Å².